The summed E-state index contributed by atoms with van der Waals surface area (Å²) in [6.07, 6.45) is 1.31. The number of rotatable bonds is 1. The Balaban J connectivity index is 2.54. The Morgan fingerprint density at radius 2 is 1.93 bits per heavy atom. The Hall–Kier alpha value is -1.42. The molecule has 1 aromatic carbocycles. The highest BCUT2D eigenvalue weighted by Gasteiger charge is 1.99. The summed E-state index contributed by atoms with van der Waals surface area (Å²) in [4.78, 5) is 11.0. The van der Waals surface area contributed by atoms with Crippen LogP contribution in [-0.2, 0) is 0 Å². The second-order valence-electron chi connectivity index (χ2n) is 3.22. The fourth-order valence-electron chi connectivity index (χ4n) is 1.36. The van der Waals surface area contributed by atoms with Crippen molar-refractivity contribution in [1.82, 2.24) is 9.78 Å². The summed E-state index contributed by atoms with van der Waals surface area (Å²) >= 11 is 3.37. The first kappa shape index (κ1) is 10.1. The molecule has 2 aromatic rings. The van der Waals surface area contributed by atoms with E-state index in [4.69, 9.17) is 0 Å². The maximum absolute atomic E-state index is 11.0. The first-order chi connectivity index (χ1) is 7.16. The van der Waals surface area contributed by atoms with Crippen molar-refractivity contribution in [3.63, 3.8) is 0 Å². The van der Waals surface area contributed by atoms with Gasteiger partial charge in [0.2, 0.25) is 0 Å². The van der Waals surface area contributed by atoms with Gasteiger partial charge in [0.05, 0.1) is 11.9 Å². The van der Waals surface area contributed by atoms with Crippen LogP contribution in [0.15, 0.2) is 45.8 Å². The third kappa shape index (κ3) is 2.15. The van der Waals surface area contributed by atoms with Crippen LogP contribution in [-0.4, -0.2) is 9.78 Å². The molecule has 1 heterocycles. The molecule has 0 fully saturated rings. The van der Waals surface area contributed by atoms with Crippen molar-refractivity contribution >= 4 is 15.9 Å². The summed E-state index contributed by atoms with van der Waals surface area (Å²) in [6, 6.07) is 9.32. The molecule has 0 atom stereocenters. The third-order valence-electron chi connectivity index (χ3n) is 2.06. The normalized spacial score (nSPS) is 10.3. The molecule has 15 heavy (non-hydrogen) atoms. The maximum Gasteiger partial charge on any atom is 0.200 e. The number of nitrogens with zero attached hydrogens (tertiary/aromatic N) is 2. The van der Waals surface area contributed by atoms with Gasteiger partial charge in [-0.25, -0.2) is 4.68 Å². The van der Waals surface area contributed by atoms with Crippen LogP contribution in [0, 0.1) is 6.92 Å². The van der Waals surface area contributed by atoms with E-state index in [1.165, 1.54) is 6.20 Å². The molecule has 76 valence electrons. The number of hydrogen-bond acceptors (Lipinski definition) is 2. The van der Waals surface area contributed by atoms with Gasteiger partial charge in [0, 0.05) is 16.2 Å². The van der Waals surface area contributed by atoms with E-state index in [2.05, 4.69) is 21.0 Å². The summed E-state index contributed by atoms with van der Waals surface area (Å²) in [5.41, 5.74) is 1.70. The number of hydrogen-bond donors (Lipinski definition) is 0. The molecule has 0 aliphatic carbocycles. The maximum atomic E-state index is 11.0. The minimum atomic E-state index is -0.0686. The molecule has 0 spiro atoms. The molecule has 1 aromatic heterocycles. The highest BCUT2D eigenvalue weighted by atomic mass is 79.9. The predicted molar refractivity (Wildman–Crippen MR) is 62.3 cm³/mol. The Labute approximate surface area is 95.5 Å². The van der Waals surface area contributed by atoms with Gasteiger partial charge in [-0.3, -0.25) is 4.79 Å². The lowest BCUT2D eigenvalue weighted by Crippen LogP contribution is -2.11. The lowest BCUT2D eigenvalue weighted by molar-refractivity contribution is 0.799. The van der Waals surface area contributed by atoms with Crippen LogP contribution in [0.25, 0.3) is 5.69 Å². The predicted octanol–water partition coefficient (Wildman–Crippen LogP) is 2.30. The highest BCUT2D eigenvalue weighted by Crippen LogP contribution is 2.13. The van der Waals surface area contributed by atoms with Gasteiger partial charge in [0.1, 0.15) is 0 Å². The summed E-state index contributed by atoms with van der Waals surface area (Å²) in [5.74, 6) is 0. The molecule has 0 N–H and O–H groups in total. The second kappa shape index (κ2) is 3.98. The molecule has 3 nitrogen and oxygen atoms in total. The number of aryl methyl sites for hydroxylation is 1. The van der Waals surface area contributed by atoms with Crippen molar-refractivity contribution in [3.05, 3.63) is 56.9 Å². The first-order valence-corrected chi connectivity index (χ1v) is 5.28. The van der Waals surface area contributed by atoms with E-state index in [1.807, 2.05) is 31.2 Å². The van der Waals surface area contributed by atoms with Gasteiger partial charge in [0.15, 0.2) is 5.43 Å². The SMILES string of the molecule is Cc1cc(=O)cnn1-c1ccc(Br)cc1. The van der Waals surface area contributed by atoms with E-state index < -0.39 is 0 Å². The summed E-state index contributed by atoms with van der Waals surface area (Å²) in [5, 5.41) is 4.07. The molecule has 0 unspecified atom stereocenters. The zero-order valence-corrected chi connectivity index (χ0v) is 9.73. The van der Waals surface area contributed by atoms with Crippen molar-refractivity contribution < 1.29 is 0 Å². The zero-order chi connectivity index (χ0) is 10.8. The summed E-state index contributed by atoms with van der Waals surface area (Å²) < 4.78 is 2.75. The molecular weight excluding hydrogens is 256 g/mol. The molecule has 0 amide bonds. The van der Waals surface area contributed by atoms with Crippen molar-refractivity contribution in [2.45, 2.75) is 6.92 Å². The minimum Gasteiger partial charge on any atom is -0.288 e. The topological polar surface area (TPSA) is 34.9 Å². The van der Waals surface area contributed by atoms with Crippen molar-refractivity contribution in [3.8, 4) is 5.69 Å². The molecule has 2 rings (SSSR count). The van der Waals surface area contributed by atoms with E-state index in [0.29, 0.717) is 0 Å². The monoisotopic (exact) mass is 264 g/mol. The largest absolute Gasteiger partial charge is 0.288 e. The molecule has 0 aliphatic rings. The molecular formula is C11H9BrN2O. The van der Waals surface area contributed by atoms with Crippen LogP contribution in [0.1, 0.15) is 5.69 Å². The summed E-state index contributed by atoms with van der Waals surface area (Å²) in [6.45, 7) is 1.86. The molecule has 0 aliphatic heterocycles. The molecule has 4 heteroatoms. The average molecular weight is 265 g/mol. The van der Waals surface area contributed by atoms with Crippen LogP contribution in [0.2, 0.25) is 0 Å². The van der Waals surface area contributed by atoms with Gasteiger partial charge in [-0.05, 0) is 31.2 Å². The average Bonchev–Trinajstić information content (AvgIpc) is 2.20. The van der Waals surface area contributed by atoms with Crippen LogP contribution < -0.4 is 5.43 Å². The lowest BCUT2D eigenvalue weighted by Gasteiger charge is -2.07. The molecule has 0 bridgehead atoms. The van der Waals surface area contributed by atoms with Gasteiger partial charge >= 0.3 is 0 Å². The minimum absolute atomic E-state index is 0.0686. The standard InChI is InChI=1S/C11H9BrN2O/c1-8-6-11(15)7-13-14(8)10-4-2-9(12)3-5-10/h2-7H,1H3. The third-order valence-corrected chi connectivity index (χ3v) is 2.59. The summed E-state index contributed by atoms with van der Waals surface area (Å²) in [7, 11) is 0. The van der Waals surface area contributed by atoms with Gasteiger partial charge < -0.3 is 0 Å². The van der Waals surface area contributed by atoms with Crippen LogP contribution in [0.4, 0.5) is 0 Å². The number of halogens is 1. The fourth-order valence-corrected chi connectivity index (χ4v) is 1.63. The number of aromatic nitrogens is 2. The smallest absolute Gasteiger partial charge is 0.200 e. The Bertz CT molecular complexity index is 531. The van der Waals surface area contributed by atoms with Crippen molar-refractivity contribution in [2.24, 2.45) is 0 Å². The van der Waals surface area contributed by atoms with Crippen LogP contribution in [0.3, 0.4) is 0 Å². The van der Waals surface area contributed by atoms with Gasteiger partial charge in [0.25, 0.3) is 0 Å². The van der Waals surface area contributed by atoms with Crippen molar-refractivity contribution in [1.29, 1.82) is 0 Å². The second-order valence-corrected chi connectivity index (χ2v) is 4.14. The van der Waals surface area contributed by atoms with E-state index in [1.54, 1.807) is 10.7 Å². The molecule has 0 radical (unpaired) electrons. The molecule has 0 saturated heterocycles. The number of benzene rings is 1. The van der Waals surface area contributed by atoms with Gasteiger partial charge in [-0.2, -0.15) is 5.10 Å². The van der Waals surface area contributed by atoms with Gasteiger partial charge in [-0.15, -0.1) is 0 Å². The van der Waals surface area contributed by atoms with Crippen molar-refractivity contribution in [2.75, 3.05) is 0 Å². The molecule has 0 saturated carbocycles. The van der Waals surface area contributed by atoms with Crippen LogP contribution in [0.5, 0.6) is 0 Å². The Morgan fingerprint density at radius 3 is 2.53 bits per heavy atom. The highest BCUT2D eigenvalue weighted by molar-refractivity contribution is 9.10. The van der Waals surface area contributed by atoms with E-state index in [9.17, 15) is 4.79 Å². The quantitative estimate of drug-likeness (QED) is 0.793. The van der Waals surface area contributed by atoms with E-state index in [-0.39, 0.29) is 5.43 Å². The Kier molecular flexibility index (Phi) is 2.68. The Morgan fingerprint density at radius 1 is 1.27 bits per heavy atom. The van der Waals surface area contributed by atoms with Crippen LogP contribution >= 0.6 is 15.9 Å². The zero-order valence-electron chi connectivity index (χ0n) is 8.14. The lowest BCUT2D eigenvalue weighted by atomic mass is 10.3. The van der Waals surface area contributed by atoms with Gasteiger partial charge in [-0.1, -0.05) is 15.9 Å². The van der Waals surface area contributed by atoms with E-state index in [0.717, 1.165) is 15.9 Å². The van der Waals surface area contributed by atoms with E-state index >= 15 is 0 Å². The fraction of sp³-hybridized carbons (Fsp3) is 0.0909. The first-order valence-electron chi connectivity index (χ1n) is 4.49.